The lowest BCUT2D eigenvalue weighted by molar-refractivity contribution is 0.533. The van der Waals surface area contributed by atoms with Crippen LogP contribution in [0.4, 0.5) is 11.5 Å². The van der Waals surface area contributed by atoms with Gasteiger partial charge in [0.1, 0.15) is 5.82 Å². The first-order chi connectivity index (χ1) is 12.8. The Bertz CT molecular complexity index is 906. The summed E-state index contributed by atoms with van der Waals surface area (Å²) in [5.41, 5.74) is 2.93. The van der Waals surface area contributed by atoms with Gasteiger partial charge in [0, 0.05) is 50.1 Å². The average Bonchev–Trinajstić information content (AvgIpc) is 2.74. The largest absolute Gasteiger partial charge is 0.367 e. The fourth-order valence-corrected chi connectivity index (χ4v) is 3.39. The molecule has 3 heterocycles. The highest BCUT2D eigenvalue weighted by Crippen LogP contribution is 2.31. The van der Waals surface area contributed by atoms with Crippen molar-refractivity contribution in [3.05, 3.63) is 78.5 Å². The predicted molar refractivity (Wildman–Crippen MR) is 99.7 cm³/mol. The fourth-order valence-electron chi connectivity index (χ4n) is 3.39. The SMILES string of the molecule is N#Cc1cccc(C2CN(c3ccncc3)CCN2c2cnccn2)c1. The summed E-state index contributed by atoms with van der Waals surface area (Å²) in [5.74, 6) is 0.856. The van der Waals surface area contributed by atoms with E-state index in [-0.39, 0.29) is 6.04 Å². The molecule has 26 heavy (non-hydrogen) atoms. The Morgan fingerprint density at radius 3 is 2.65 bits per heavy atom. The summed E-state index contributed by atoms with van der Waals surface area (Å²) in [6.07, 6.45) is 8.82. The van der Waals surface area contributed by atoms with Crippen LogP contribution in [-0.4, -0.2) is 34.6 Å². The van der Waals surface area contributed by atoms with E-state index in [1.165, 1.54) is 0 Å². The molecule has 1 fully saturated rings. The molecule has 0 N–H and O–H groups in total. The molecule has 1 unspecified atom stereocenters. The number of aromatic nitrogens is 3. The molecule has 1 aromatic carbocycles. The summed E-state index contributed by atoms with van der Waals surface area (Å²) in [5, 5.41) is 9.27. The van der Waals surface area contributed by atoms with Crippen LogP contribution in [0.25, 0.3) is 0 Å². The van der Waals surface area contributed by atoms with Crippen LogP contribution >= 0.6 is 0 Å². The zero-order valence-electron chi connectivity index (χ0n) is 14.2. The van der Waals surface area contributed by atoms with Crippen LogP contribution in [-0.2, 0) is 0 Å². The molecule has 1 saturated heterocycles. The van der Waals surface area contributed by atoms with E-state index in [4.69, 9.17) is 0 Å². The van der Waals surface area contributed by atoms with E-state index in [1.54, 1.807) is 18.6 Å². The quantitative estimate of drug-likeness (QED) is 0.729. The van der Waals surface area contributed by atoms with Gasteiger partial charge in [0.05, 0.1) is 23.9 Å². The summed E-state index contributed by atoms with van der Waals surface area (Å²) in [4.78, 5) is 17.4. The smallest absolute Gasteiger partial charge is 0.147 e. The molecule has 0 amide bonds. The highest BCUT2D eigenvalue weighted by molar-refractivity contribution is 5.51. The minimum atomic E-state index is 0.0851. The second-order valence-corrected chi connectivity index (χ2v) is 6.16. The second kappa shape index (κ2) is 7.19. The number of nitriles is 1. The molecule has 0 radical (unpaired) electrons. The highest BCUT2D eigenvalue weighted by Gasteiger charge is 2.29. The van der Waals surface area contributed by atoms with Crippen molar-refractivity contribution in [3.63, 3.8) is 0 Å². The van der Waals surface area contributed by atoms with Gasteiger partial charge in [0.25, 0.3) is 0 Å². The van der Waals surface area contributed by atoms with E-state index in [2.05, 4.69) is 36.9 Å². The van der Waals surface area contributed by atoms with Gasteiger partial charge in [-0.2, -0.15) is 5.26 Å². The lowest BCUT2D eigenvalue weighted by Crippen LogP contribution is -2.49. The van der Waals surface area contributed by atoms with Gasteiger partial charge in [-0.3, -0.25) is 9.97 Å². The molecular weight excluding hydrogens is 324 g/mol. The van der Waals surface area contributed by atoms with Gasteiger partial charge < -0.3 is 9.80 Å². The van der Waals surface area contributed by atoms with Crippen LogP contribution in [0.2, 0.25) is 0 Å². The molecule has 1 atom stereocenters. The Hall–Kier alpha value is -3.46. The molecule has 0 aliphatic carbocycles. The number of hydrogen-bond acceptors (Lipinski definition) is 6. The summed E-state index contributed by atoms with van der Waals surface area (Å²) in [7, 11) is 0. The van der Waals surface area contributed by atoms with Crippen LogP contribution in [0, 0.1) is 11.3 Å². The average molecular weight is 342 g/mol. The normalized spacial score (nSPS) is 17.0. The minimum Gasteiger partial charge on any atom is -0.367 e. The van der Waals surface area contributed by atoms with Crippen molar-refractivity contribution in [2.75, 3.05) is 29.4 Å². The molecular formula is C20H18N6. The molecule has 0 spiro atoms. The van der Waals surface area contributed by atoms with Gasteiger partial charge in [-0.15, -0.1) is 0 Å². The van der Waals surface area contributed by atoms with Crippen molar-refractivity contribution in [2.45, 2.75) is 6.04 Å². The van der Waals surface area contributed by atoms with Gasteiger partial charge in [-0.25, -0.2) is 4.98 Å². The molecule has 6 heteroatoms. The first kappa shape index (κ1) is 16.0. The molecule has 6 nitrogen and oxygen atoms in total. The van der Waals surface area contributed by atoms with E-state index >= 15 is 0 Å². The summed E-state index contributed by atoms with van der Waals surface area (Å²) in [6, 6.07) is 14.2. The Balaban J connectivity index is 1.70. The van der Waals surface area contributed by atoms with Crippen molar-refractivity contribution in [1.29, 1.82) is 5.26 Å². The molecule has 2 aromatic heterocycles. The maximum absolute atomic E-state index is 9.27. The Morgan fingerprint density at radius 2 is 1.88 bits per heavy atom. The first-order valence-electron chi connectivity index (χ1n) is 8.53. The Kier molecular flexibility index (Phi) is 4.44. The summed E-state index contributed by atoms with van der Waals surface area (Å²) >= 11 is 0. The lowest BCUT2D eigenvalue weighted by atomic mass is 10.00. The molecule has 4 rings (SSSR count). The summed E-state index contributed by atoms with van der Waals surface area (Å²) in [6.45, 7) is 2.51. The van der Waals surface area contributed by atoms with Gasteiger partial charge in [0.15, 0.2) is 0 Å². The number of nitrogens with zero attached hydrogens (tertiary/aromatic N) is 6. The highest BCUT2D eigenvalue weighted by atomic mass is 15.3. The van der Waals surface area contributed by atoms with Crippen LogP contribution in [0.3, 0.4) is 0 Å². The Morgan fingerprint density at radius 1 is 1.00 bits per heavy atom. The molecule has 0 saturated carbocycles. The van der Waals surface area contributed by atoms with E-state index in [1.807, 2.05) is 42.7 Å². The topological polar surface area (TPSA) is 68.9 Å². The van der Waals surface area contributed by atoms with Crippen molar-refractivity contribution >= 4 is 11.5 Å². The zero-order chi connectivity index (χ0) is 17.8. The van der Waals surface area contributed by atoms with Gasteiger partial charge in [-0.05, 0) is 29.8 Å². The van der Waals surface area contributed by atoms with E-state index in [0.29, 0.717) is 5.56 Å². The van der Waals surface area contributed by atoms with Crippen molar-refractivity contribution in [1.82, 2.24) is 15.0 Å². The third-order valence-electron chi connectivity index (χ3n) is 4.65. The Labute approximate surface area is 152 Å². The number of pyridine rings is 1. The van der Waals surface area contributed by atoms with Crippen molar-refractivity contribution in [3.8, 4) is 6.07 Å². The molecule has 0 bridgehead atoms. The second-order valence-electron chi connectivity index (χ2n) is 6.16. The lowest BCUT2D eigenvalue weighted by Gasteiger charge is -2.43. The van der Waals surface area contributed by atoms with Crippen LogP contribution in [0.15, 0.2) is 67.4 Å². The number of anilines is 2. The number of rotatable bonds is 3. The van der Waals surface area contributed by atoms with Crippen molar-refractivity contribution in [2.24, 2.45) is 0 Å². The predicted octanol–water partition coefficient (Wildman–Crippen LogP) is 2.81. The van der Waals surface area contributed by atoms with Gasteiger partial charge in [0.2, 0.25) is 0 Å². The van der Waals surface area contributed by atoms with E-state index < -0.39 is 0 Å². The first-order valence-corrected chi connectivity index (χ1v) is 8.53. The van der Waals surface area contributed by atoms with E-state index in [0.717, 1.165) is 36.7 Å². The van der Waals surface area contributed by atoms with Crippen LogP contribution < -0.4 is 9.80 Å². The number of hydrogen-bond donors (Lipinski definition) is 0. The summed E-state index contributed by atoms with van der Waals surface area (Å²) < 4.78 is 0. The zero-order valence-corrected chi connectivity index (χ0v) is 14.2. The standard InChI is InChI=1S/C20H18N6/c21-13-16-2-1-3-17(12-16)19-15-25(18-4-6-22-7-5-18)10-11-26(19)20-14-23-8-9-24-20/h1-9,12,14,19H,10-11,15H2. The molecule has 1 aliphatic heterocycles. The van der Waals surface area contributed by atoms with Crippen LogP contribution in [0.5, 0.6) is 0 Å². The van der Waals surface area contributed by atoms with Gasteiger partial charge in [-0.1, -0.05) is 12.1 Å². The number of benzene rings is 1. The van der Waals surface area contributed by atoms with Gasteiger partial charge >= 0.3 is 0 Å². The maximum Gasteiger partial charge on any atom is 0.147 e. The monoisotopic (exact) mass is 342 g/mol. The maximum atomic E-state index is 9.27. The number of piperazine rings is 1. The fraction of sp³-hybridized carbons (Fsp3) is 0.200. The third-order valence-corrected chi connectivity index (χ3v) is 4.65. The van der Waals surface area contributed by atoms with E-state index in [9.17, 15) is 5.26 Å². The molecule has 1 aliphatic rings. The van der Waals surface area contributed by atoms with Crippen molar-refractivity contribution < 1.29 is 0 Å². The third kappa shape index (κ3) is 3.20. The van der Waals surface area contributed by atoms with Crippen LogP contribution in [0.1, 0.15) is 17.2 Å². The minimum absolute atomic E-state index is 0.0851. The molecule has 128 valence electrons. The molecule has 3 aromatic rings.